The standard InChI is InChI=1S/C15H13N5O/c1-3-10(4-1)18-15-13-14(17-9-16-13)19-12(20-15)7-6-11-5-2-8-21-11/h2,5,8-10H,1,3-4H2,(H2,16,17,18,19,20). The summed E-state index contributed by atoms with van der Waals surface area (Å²) >= 11 is 0. The highest BCUT2D eigenvalue weighted by Crippen LogP contribution is 2.25. The second-order valence-electron chi connectivity index (χ2n) is 5.00. The van der Waals surface area contributed by atoms with Crippen molar-refractivity contribution in [2.75, 3.05) is 5.32 Å². The van der Waals surface area contributed by atoms with Crippen LogP contribution in [0.5, 0.6) is 0 Å². The monoisotopic (exact) mass is 279 g/mol. The number of nitrogens with zero attached hydrogens (tertiary/aromatic N) is 3. The van der Waals surface area contributed by atoms with Gasteiger partial charge in [-0.05, 0) is 43.2 Å². The maximum Gasteiger partial charge on any atom is 0.209 e. The van der Waals surface area contributed by atoms with Gasteiger partial charge < -0.3 is 14.7 Å². The summed E-state index contributed by atoms with van der Waals surface area (Å²) in [5.41, 5.74) is 1.45. The Balaban J connectivity index is 1.71. The molecule has 3 aromatic heterocycles. The topological polar surface area (TPSA) is 79.6 Å². The van der Waals surface area contributed by atoms with Crippen LogP contribution in [-0.4, -0.2) is 26.0 Å². The van der Waals surface area contributed by atoms with Gasteiger partial charge in [-0.1, -0.05) is 0 Å². The smallest absolute Gasteiger partial charge is 0.209 e. The zero-order chi connectivity index (χ0) is 14.1. The Kier molecular flexibility index (Phi) is 2.82. The van der Waals surface area contributed by atoms with E-state index >= 15 is 0 Å². The van der Waals surface area contributed by atoms with Crippen molar-refractivity contribution in [3.8, 4) is 11.8 Å². The molecule has 1 fully saturated rings. The van der Waals surface area contributed by atoms with Gasteiger partial charge in [0.2, 0.25) is 5.82 Å². The molecule has 0 aromatic carbocycles. The number of H-pyrrole nitrogens is 1. The molecule has 3 aromatic rings. The molecule has 0 bridgehead atoms. The number of aromatic amines is 1. The molecule has 2 N–H and O–H groups in total. The molecule has 1 saturated carbocycles. The fourth-order valence-electron chi connectivity index (χ4n) is 2.21. The third kappa shape index (κ3) is 2.34. The first-order valence-electron chi connectivity index (χ1n) is 6.92. The number of anilines is 1. The van der Waals surface area contributed by atoms with Crippen molar-refractivity contribution in [1.29, 1.82) is 0 Å². The Hall–Kier alpha value is -2.81. The van der Waals surface area contributed by atoms with Gasteiger partial charge in [0.1, 0.15) is 5.52 Å². The number of nitrogens with one attached hydrogen (secondary N) is 2. The lowest BCUT2D eigenvalue weighted by atomic mass is 9.93. The zero-order valence-electron chi connectivity index (χ0n) is 11.3. The Labute approximate surface area is 121 Å². The molecule has 0 saturated heterocycles. The highest BCUT2D eigenvalue weighted by molar-refractivity contribution is 5.82. The third-order valence-corrected chi connectivity index (χ3v) is 3.54. The molecule has 0 aliphatic heterocycles. The average molecular weight is 279 g/mol. The Morgan fingerprint density at radius 1 is 1.29 bits per heavy atom. The van der Waals surface area contributed by atoms with Crippen molar-refractivity contribution in [3.63, 3.8) is 0 Å². The summed E-state index contributed by atoms with van der Waals surface area (Å²) in [6, 6.07) is 4.08. The Morgan fingerprint density at radius 2 is 2.24 bits per heavy atom. The quantitative estimate of drug-likeness (QED) is 0.704. The molecule has 21 heavy (non-hydrogen) atoms. The second-order valence-corrected chi connectivity index (χ2v) is 5.00. The molecule has 4 rings (SSSR count). The van der Waals surface area contributed by atoms with Crippen LogP contribution in [0.4, 0.5) is 5.82 Å². The number of rotatable bonds is 2. The van der Waals surface area contributed by atoms with Gasteiger partial charge in [0.05, 0.1) is 12.6 Å². The van der Waals surface area contributed by atoms with Crippen LogP contribution in [0.1, 0.15) is 30.8 Å². The summed E-state index contributed by atoms with van der Waals surface area (Å²) in [5.74, 6) is 7.62. The van der Waals surface area contributed by atoms with Gasteiger partial charge in [-0.15, -0.1) is 0 Å². The molecule has 0 spiro atoms. The highest BCUT2D eigenvalue weighted by Gasteiger charge is 2.19. The van der Waals surface area contributed by atoms with Crippen LogP contribution in [0.2, 0.25) is 0 Å². The van der Waals surface area contributed by atoms with E-state index in [0.29, 0.717) is 23.3 Å². The van der Waals surface area contributed by atoms with E-state index in [1.165, 1.54) is 19.3 Å². The molecular formula is C15H13N5O. The minimum absolute atomic E-state index is 0.449. The lowest BCUT2D eigenvalue weighted by Crippen LogP contribution is -2.27. The summed E-state index contributed by atoms with van der Waals surface area (Å²) < 4.78 is 5.18. The van der Waals surface area contributed by atoms with Crippen LogP contribution in [0.3, 0.4) is 0 Å². The molecule has 1 aliphatic carbocycles. The summed E-state index contributed by atoms with van der Waals surface area (Å²) in [7, 11) is 0. The van der Waals surface area contributed by atoms with Crippen LogP contribution in [0.15, 0.2) is 29.1 Å². The first-order chi connectivity index (χ1) is 10.4. The Morgan fingerprint density at radius 3 is 3.00 bits per heavy atom. The van der Waals surface area contributed by atoms with Crippen LogP contribution in [0, 0.1) is 11.8 Å². The van der Waals surface area contributed by atoms with E-state index < -0.39 is 0 Å². The molecule has 0 atom stereocenters. The van der Waals surface area contributed by atoms with Crippen molar-refractivity contribution >= 4 is 17.0 Å². The highest BCUT2D eigenvalue weighted by atomic mass is 16.3. The summed E-state index contributed by atoms with van der Waals surface area (Å²) in [6.07, 6.45) is 6.81. The normalized spacial score (nSPS) is 14.5. The lowest BCUT2D eigenvalue weighted by molar-refractivity contribution is 0.444. The van der Waals surface area contributed by atoms with Crippen LogP contribution in [0.25, 0.3) is 11.2 Å². The van der Waals surface area contributed by atoms with Gasteiger partial charge >= 0.3 is 0 Å². The minimum Gasteiger partial charge on any atom is -0.456 e. The van der Waals surface area contributed by atoms with E-state index in [-0.39, 0.29) is 0 Å². The molecule has 3 heterocycles. The Bertz CT molecular complexity index is 821. The van der Waals surface area contributed by atoms with Crippen LogP contribution < -0.4 is 5.32 Å². The van der Waals surface area contributed by atoms with Gasteiger partial charge in [0.25, 0.3) is 0 Å². The van der Waals surface area contributed by atoms with Crippen LogP contribution >= 0.6 is 0 Å². The molecule has 0 radical (unpaired) electrons. The fourth-order valence-corrected chi connectivity index (χ4v) is 2.21. The van der Waals surface area contributed by atoms with Crippen molar-refractivity contribution < 1.29 is 4.42 Å². The van der Waals surface area contributed by atoms with Crippen molar-refractivity contribution in [3.05, 3.63) is 36.3 Å². The number of fused-ring (bicyclic) bond motifs is 1. The predicted molar refractivity (Wildman–Crippen MR) is 77.6 cm³/mol. The van der Waals surface area contributed by atoms with E-state index in [2.05, 4.69) is 37.1 Å². The van der Waals surface area contributed by atoms with E-state index in [1.807, 2.05) is 0 Å². The molecule has 0 unspecified atom stereocenters. The summed E-state index contributed by atoms with van der Waals surface area (Å²) in [5, 5.41) is 3.42. The van der Waals surface area contributed by atoms with E-state index in [1.54, 1.807) is 24.7 Å². The number of furan rings is 1. The van der Waals surface area contributed by atoms with Gasteiger partial charge in [-0.25, -0.2) is 15.0 Å². The second kappa shape index (κ2) is 4.94. The third-order valence-electron chi connectivity index (χ3n) is 3.54. The fraction of sp³-hybridized carbons (Fsp3) is 0.267. The van der Waals surface area contributed by atoms with Crippen molar-refractivity contribution in [1.82, 2.24) is 19.9 Å². The van der Waals surface area contributed by atoms with E-state index in [9.17, 15) is 0 Å². The number of hydrogen-bond donors (Lipinski definition) is 2. The molecule has 6 heteroatoms. The maximum absolute atomic E-state index is 5.18. The first kappa shape index (κ1) is 12.0. The van der Waals surface area contributed by atoms with Gasteiger partial charge in [0, 0.05) is 6.04 Å². The zero-order valence-corrected chi connectivity index (χ0v) is 11.3. The summed E-state index contributed by atoms with van der Waals surface area (Å²) in [4.78, 5) is 16.1. The summed E-state index contributed by atoms with van der Waals surface area (Å²) in [6.45, 7) is 0. The van der Waals surface area contributed by atoms with Crippen molar-refractivity contribution in [2.45, 2.75) is 25.3 Å². The molecule has 104 valence electrons. The molecule has 0 amide bonds. The molecule has 1 aliphatic rings. The average Bonchev–Trinajstić information content (AvgIpc) is 3.11. The number of hydrogen-bond acceptors (Lipinski definition) is 5. The van der Waals surface area contributed by atoms with Crippen LogP contribution in [-0.2, 0) is 0 Å². The maximum atomic E-state index is 5.18. The van der Waals surface area contributed by atoms with Gasteiger partial charge in [-0.3, -0.25) is 0 Å². The van der Waals surface area contributed by atoms with Gasteiger partial charge in [-0.2, -0.15) is 0 Å². The largest absolute Gasteiger partial charge is 0.456 e. The number of imidazole rings is 1. The van der Waals surface area contributed by atoms with Crippen molar-refractivity contribution in [2.24, 2.45) is 0 Å². The lowest BCUT2D eigenvalue weighted by Gasteiger charge is -2.26. The van der Waals surface area contributed by atoms with Gasteiger partial charge in [0.15, 0.2) is 17.2 Å². The number of aromatic nitrogens is 4. The minimum atomic E-state index is 0.449. The van der Waals surface area contributed by atoms with E-state index in [0.717, 1.165) is 11.3 Å². The SMILES string of the molecule is C(#Cc1ccco1)c1nc(NC2CCC2)c2nc[nH]c2n1. The molecule has 6 nitrogen and oxygen atoms in total. The first-order valence-corrected chi connectivity index (χ1v) is 6.92. The molecular weight excluding hydrogens is 266 g/mol. The van der Waals surface area contributed by atoms with E-state index in [4.69, 9.17) is 4.42 Å². The predicted octanol–water partition coefficient (Wildman–Crippen LogP) is 2.31.